The molecule has 0 radical (unpaired) electrons. The number of guanidine groups is 1. The monoisotopic (exact) mass is 246 g/mol. The van der Waals surface area contributed by atoms with Crippen LogP contribution in [0.1, 0.15) is 17.0 Å². The zero-order valence-corrected chi connectivity index (χ0v) is 10.4. The molecule has 0 aromatic carbocycles. The zero-order valence-electron chi connectivity index (χ0n) is 9.55. The molecule has 0 aliphatic heterocycles. The summed E-state index contributed by atoms with van der Waals surface area (Å²) < 4.78 is 0. The Kier molecular flexibility index (Phi) is 3.39. The standard InChI is InChI=1S/C12H14N4S/c1-8-10(9-6-4-2-3-5-7-9)17-12(15-8)16-11(13)14/h2,4-7H,3H2,1H3,(H4,13,14,15,16). The first-order chi connectivity index (χ1) is 8.16. The van der Waals surface area contributed by atoms with Crippen LogP contribution < -0.4 is 11.5 Å². The number of nitrogens with two attached hydrogens (primary N) is 2. The van der Waals surface area contributed by atoms with E-state index < -0.39 is 0 Å². The van der Waals surface area contributed by atoms with Crippen LogP contribution in [0.3, 0.4) is 0 Å². The van der Waals surface area contributed by atoms with Gasteiger partial charge in [-0.25, -0.2) is 4.98 Å². The van der Waals surface area contributed by atoms with Crippen LogP contribution in [-0.2, 0) is 0 Å². The number of nitrogens with zero attached hydrogens (tertiary/aromatic N) is 2. The highest BCUT2D eigenvalue weighted by Crippen LogP contribution is 2.32. The van der Waals surface area contributed by atoms with Gasteiger partial charge in [0.1, 0.15) is 0 Å². The van der Waals surface area contributed by atoms with Gasteiger partial charge in [-0.05, 0) is 18.9 Å². The largest absolute Gasteiger partial charge is 0.370 e. The van der Waals surface area contributed by atoms with E-state index in [-0.39, 0.29) is 5.96 Å². The van der Waals surface area contributed by atoms with Crippen LogP contribution in [0, 0.1) is 6.92 Å². The van der Waals surface area contributed by atoms with Gasteiger partial charge in [-0.2, -0.15) is 4.99 Å². The Labute approximate surface area is 104 Å². The van der Waals surface area contributed by atoms with E-state index in [1.807, 2.05) is 6.92 Å². The summed E-state index contributed by atoms with van der Waals surface area (Å²) in [5.41, 5.74) is 12.8. The maximum atomic E-state index is 5.34. The second-order valence-electron chi connectivity index (χ2n) is 3.64. The third-order valence-corrected chi connectivity index (χ3v) is 3.35. The predicted molar refractivity (Wildman–Crippen MR) is 73.2 cm³/mol. The van der Waals surface area contributed by atoms with Crippen molar-refractivity contribution in [2.75, 3.05) is 0 Å². The molecule has 0 saturated carbocycles. The Morgan fingerprint density at radius 1 is 1.41 bits per heavy atom. The van der Waals surface area contributed by atoms with Crippen LogP contribution in [0.5, 0.6) is 0 Å². The number of aryl methyl sites for hydroxylation is 1. The van der Waals surface area contributed by atoms with Gasteiger partial charge in [-0.15, -0.1) is 0 Å². The summed E-state index contributed by atoms with van der Waals surface area (Å²) in [5, 5.41) is 0.597. The number of hydrogen-bond acceptors (Lipinski definition) is 3. The average Bonchev–Trinajstić information content (AvgIpc) is 2.52. The second-order valence-corrected chi connectivity index (χ2v) is 4.61. The van der Waals surface area contributed by atoms with E-state index in [4.69, 9.17) is 11.5 Å². The lowest BCUT2D eigenvalue weighted by Crippen LogP contribution is -2.21. The summed E-state index contributed by atoms with van der Waals surface area (Å²) in [6.45, 7) is 1.96. The van der Waals surface area contributed by atoms with Gasteiger partial charge in [0.15, 0.2) is 5.96 Å². The second kappa shape index (κ2) is 4.97. The van der Waals surface area contributed by atoms with E-state index in [1.54, 1.807) is 0 Å². The van der Waals surface area contributed by atoms with Gasteiger partial charge in [-0.1, -0.05) is 41.7 Å². The van der Waals surface area contributed by atoms with Crippen molar-refractivity contribution >= 4 is 28.0 Å². The summed E-state index contributed by atoms with van der Waals surface area (Å²) in [6, 6.07) is 0. The van der Waals surface area contributed by atoms with E-state index in [0.29, 0.717) is 5.13 Å². The summed E-state index contributed by atoms with van der Waals surface area (Å²) in [4.78, 5) is 9.40. The number of hydrogen-bond donors (Lipinski definition) is 2. The molecular formula is C12H14N4S. The lowest BCUT2D eigenvalue weighted by Gasteiger charge is -1.96. The molecule has 1 heterocycles. The number of thiazole rings is 1. The van der Waals surface area contributed by atoms with Gasteiger partial charge < -0.3 is 11.5 Å². The maximum absolute atomic E-state index is 5.34. The van der Waals surface area contributed by atoms with Crippen LogP contribution in [0.4, 0.5) is 5.13 Å². The molecule has 5 heteroatoms. The first-order valence-electron chi connectivity index (χ1n) is 5.27. The average molecular weight is 246 g/mol. The lowest BCUT2D eigenvalue weighted by molar-refractivity contribution is 1.23. The Morgan fingerprint density at radius 2 is 2.24 bits per heavy atom. The van der Waals surface area contributed by atoms with Gasteiger partial charge in [0.05, 0.1) is 10.6 Å². The van der Waals surface area contributed by atoms with Gasteiger partial charge in [0, 0.05) is 0 Å². The minimum atomic E-state index is 0.0376. The normalized spacial score (nSPS) is 14.3. The van der Waals surface area contributed by atoms with Crippen LogP contribution in [0.25, 0.3) is 5.57 Å². The van der Waals surface area contributed by atoms with Crippen LogP contribution in [0.2, 0.25) is 0 Å². The Morgan fingerprint density at radius 3 is 3.00 bits per heavy atom. The number of aliphatic imine (C=N–C) groups is 1. The van der Waals surface area contributed by atoms with Gasteiger partial charge in [0.25, 0.3) is 0 Å². The fourth-order valence-corrected chi connectivity index (χ4v) is 2.50. The highest BCUT2D eigenvalue weighted by molar-refractivity contribution is 7.16. The van der Waals surface area contributed by atoms with Crippen molar-refractivity contribution in [3.63, 3.8) is 0 Å². The molecule has 0 bridgehead atoms. The van der Waals surface area contributed by atoms with Crippen molar-refractivity contribution in [3.05, 3.63) is 41.0 Å². The molecule has 88 valence electrons. The summed E-state index contributed by atoms with van der Waals surface area (Å²) in [5.74, 6) is 0.0376. The highest BCUT2D eigenvalue weighted by Gasteiger charge is 2.10. The smallest absolute Gasteiger partial charge is 0.213 e. The van der Waals surface area contributed by atoms with Crippen LogP contribution >= 0.6 is 11.3 Å². The number of allylic oxidation sites excluding steroid dienone is 6. The van der Waals surface area contributed by atoms with Crippen molar-refractivity contribution in [3.8, 4) is 0 Å². The molecule has 2 rings (SSSR count). The quantitative estimate of drug-likeness (QED) is 0.620. The van der Waals surface area contributed by atoms with Crippen LogP contribution in [0.15, 0.2) is 35.4 Å². The highest BCUT2D eigenvalue weighted by atomic mass is 32.1. The lowest BCUT2D eigenvalue weighted by atomic mass is 10.2. The first-order valence-corrected chi connectivity index (χ1v) is 6.09. The van der Waals surface area contributed by atoms with Gasteiger partial charge >= 0.3 is 0 Å². The molecule has 0 atom stereocenters. The predicted octanol–water partition coefficient (Wildman–Crippen LogP) is 2.26. The third kappa shape index (κ3) is 2.82. The third-order valence-electron chi connectivity index (χ3n) is 2.25. The molecular weight excluding hydrogens is 232 g/mol. The summed E-state index contributed by atoms with van der Waals surface area (Å²) in [6.07, 6.45) is 11.4. The van der Waals surface area contributed by atoms with Crippen molar-refractivity contribution in [1.29, 1.82) is 0 Å². The molecule has 0 amide bonds. The molecule has 4 nitrogen and oxygen atoms in total. The van der Waals surface area contributed by atoms with Crippen molar-refractivity contribution in [1.82, 2.24) is 4.98 Å². The molecule has 4 N–H and O–H groups in total. The molecule has 0 saturated heterocycles. The van der Waals surface area contributed by atoms with E-state index in [9.17, 15) is 0 Å². The molecule has 1 aromatic rings. The molecule has 0 spiro atoms. The van der Waals surface area contributed by atoms with Crippen molar-refractivity contribution < 1.29 is 0 Å². The number of aromatic nitrogens is 1. The topological polar surface area (TPSA) is 77.3 Å². The minimum absolute atomic E-state index is 0.0376. The van der Waals surface area contributed by atoms with E-state index in [2.05, 4.69) is 40.4 Å². The zero-order chi connectivity index (χ0) is 12.3. The Hall–Kier alpha value is -1.88. The minimum Gasteiger partial charge on any atom is -0.370 e. The van der Waals surface area contributed by atoms with Crippen LogP contribution in [-0.4, -0.2) is 10.9 Å². The molecule has 1 aliphatic carbocycles. The van der Waals surface area contributed by atoms with Crippen molar-refractivity contribution in [2.45, 2.75) is 13.3 Å². The fraction of sp³-hybridized carbons (Fsp3) is 0.167. The van der Waals surface area contributed by atoms with Gasteiger partial charge in [-0.3, -0.25) is 0 Å². The molecule has 1 aromatic heterocycles. The van der Waals surface area contributed by atoms with Crippen molar-refractivity contribution in [2.24, 2.45) is 16.5 Å². The summed E-state index contributed by atoms with van der Waals surface area (Å²) in [7, 11) is 0. The molecule has 0 unspecified atom stereocenters. The van der Waals surface area contributed by atoms with Gasteiger partial charge in [0.2, 0.25) is 5.13 Å². The van der Waals surface area contributed by atoms with E-state index >= 15 is 0 Å². The molecule has 17 heavy (non-hydrogen) atoms. The maximum Gasteiger partial charge on any atom is 0.213 e. The Balaban J connectivity index is 2.39. The van der Waals surface area contributed by atoms with E-state index in [0.717, 1.165) is 22.6 Å². The first kappa shape index (κ1) is 11.6. The Bertz CT molecular complexity index is 531. The SMILES string of the molecule is Cc1nc(N=C(N)N)sc1C1=CC=CCC=C1. The summed E-state index contributed by atoms with van der Waals surface area (Å²) >= 11 is 1.49. The molecule has 0 fully saturated rings. The fourth-order valence-electron chi connectivity index (χ4n) is 1.54. The number of rotatable bonds is 2. The van der Waals surface area contributed by atoms with E-state index in [1.165, 1.54) is 11.3 Å². The molecule has 1 aliphatic rings.